The summed E-state index contributed by atoms with van der Waals surface area (Å²) in [5.41, 5.74) is 0.228. The van der Waals surface area contributed by atoms with Gasteiger partial charge in [-0.2, -0.15) is 0 Å². The van der Waals surface area contributed by atoms with Gasteiger partial charge in [-0.05, 0) is 19.1 Å². The van der Waals surface area contributed by atoms with Crippen LogP contribution in [0.3, 0.4) is 0 Å². The predicted molar refractivity (Wildman–Crippen MR) is 72.6 cm³/mol. The Morgan fingerprint density at radius 1 is 1.05 bits per heavy atom. The first-order chi connectivity index (χ1) is 9.57. The summed E-state index contributed by atoms with van der Waals surface area (Å²) < 4.78 is 15.4. The molecule has 0 saturated carbocycles. The van der Waals surface area contributed by atoms with Crippen molar-refractivity contribution in [3.05, 3.63) is 17.7 Å². The maximum absolute atomic E-state index is 11.9. The van der Waals surface area contributed by atoms with Gasteiger partial charge in [0.15, 0.2) is 11.5 Å². The molecule has 110 valence electrons. The quantitative estimate of drug-likeness (QED) is 0.846. The van der Waals surface area contributed by atoms with Crippen molar-refractivity contribution < 1.29 is 23.8 Å². The highest BCUT2D eigenvalue weighted by atomic mass is 16.5. The van der Waals surface area contributed by atoms with Crippen LogP contribution >= 0.6 is 0 Å². The molecule has 0 atom stereocenters. The zero-order valence-corrected chi connectivity index (χ0v) is 11.9. The van der Waals surface area contributed by atoms with Gasteiger partial charge in [0.05, 0.1) is 21.3 Å². The van der Waals surface area contributed by atoms with Gasteiger partial charge >= 0.3 is 6.03 Å². The minimum Gasteiger partial charge on any atom is -0.493 e. The van der Waals surface area contributed by atoms with Gasteiger partial charge in [0.2, 0.25) is 5.75 Å². The summed E-state index contributed by atoms with van der Waals surface area (Å²) in [6.07, 6.45) is 0. The van der Waals surface area contributed by atoms with Crippen molar-refractivity contribution in [2.45, 2.75) is 6.92 Å². The first-order valence-corrected chi connectivity index (χ1v) is 5.96. The molecule has 0 aliphatic carbocycles. The molecule has 7 heteroatoms. The van der Waals surface area contributed by atoms with Crippen LogP contribution in [0.1, 0.15) is 17.3 Å². The number of rotatable bonds is 5. The third-order valence-electron chi connectivity index (χ3n) is 2.49. The fraction of sp³-hybridized carbons (Fsp3) is 0.385. The smallest absolute Gasteiger partial charge is 0.321 e. The fourth-order valence-electron chi connectivity index (χ4n) is 1.59. The molecule has 0 aliphatic heterocycles. The Hall–Kier alpha value is -2.44. The number of hydrogen-bond donors (Lipinski definition) is 2. The van der Waals surface area contributed by atoms with Crippen LogP contribution in [0.4, 0.5) is 4.79 Å². The van der Waals surface area contributed by atoms with Crippen molar-refractivity contribution in [2.24, 2.45) is 0 Å². The lowest BCUT2D eigenvalue weighted by atomic mass is 10.1. The Morgan fingerprint density at radius 3 is 2.00 bits per heavy atom. The zero-order valence-electron chi connectivity index (χ0n) is 11.9. The number of nitrogens with one attached hydrogen (secondary N) is 2. The number of methoxy groups -OCH3 is 3. The standard InChI is InChI=1S/C13H18N2O5/c1-5-14-13(17)15-12(16)8-6-9(18-2)11(20-4)10(7-8)19-3/h6-7H,5H2,1-4H3,(H2,14,15,16,17). The lowest BCUT2D eigenvalue weighted by Crippen LogP contribution is -2.39. The van der Waals surface area contributed by atoms with Gasteiger partial charge in [-0.3, -0.25) is 10.1 Å². The summed E-state index contributed by atoms with van der Waals surface area (Å²) in [6, 6.07) is 2.37. The molecule has 2 N–H and O–H groups in total. The SMILES string of the molecule is CCNC(=O)NC(=O)c1cc(OC)c(OC)c(OC)c1. The average Bonchev–Trinajstić information content (AvgIpc) is 2.45. The number of carbonyl (C=O) groups excluding carboxylic acids is 2. The van der Waals surface area contributed by atoms with E-state index >= 15 is 0 Å². The maximum atomic E-state index is 11.9. The third kappa shape index (κ3) is 3.53. The van der Waals surface area contributed by atoms with E-state index in [9.17, 15) is 9.59 Å². The van der Waals surface area contributed by atoms with Gasteiger partial charge in [-0.15, -0.1) is 0 Å². The minimum atomic E-state index is -0.564. The number of ether oxygens (including phenoxy) is 3. The Labute approximate surface area is 117 Å². The molecule has 0 aliphatic rings. The first kappa shape index (κ1) is 15.6. The molecule has 0 heterocycles. The van der Waals surface area contributed by atoms with E-state index in [1.165, 1.54) is 33.5 Å². The molecule has 0 unspecified atom stereocenters. The van der Waals surface area contributed by atoms with Crippen LogP contribution in [0.2, 0.25) is 0 Å². The maximum Gasteiger partial charge on any atom is 0.321 e. The molecule has 0 saturated heterocycles. The molecule has 1 rings (SSSR count). The third-order valence-corrected chi connectivity index (χ3v) is 2.49. The normalized spacial score (nSPS) is 9.60. The monoisotopic (exact) mass is 282 g/mol. The largest absolute Gasteiger partial charge is 0.493 e. The van der Waals surface area contributed by atoms with Crippen LogP contribution in [0.5, 0.6) is 17.2 Å². The van der Waals surface area contributed by atoms with Crippen molar-refractivity contribution >= 4 is 11.9 Å². The zero-order chi connectivity index (χ0) is 15.1. The average molecular weight is 282 g/mol. The molecule has 0 radical (unpaired) electrons. The molecule has 1 aromatic carbocycles. The van der Waals surface area contributed by atoms with E-state index in [2.05, 4.69) is 10.6 Å². The number of benzene rings is 1. The highest BCUT2D eigenvalue weighted by Gasteiger charge is 2.18. The highest BCUT2D eigenvalue weighted by molar-refractivity contribution is 6.04. The summed E-state index contributed by atoms with van der Waals surface area (Å²) in [6.45, 7) is 2.18. The van der Waals surface area contributed by atoms with Crippen molar-refractivity contribution in [3.8, 4) is 17.2 Å². The van der Waals surface area contributed by atoms with E-state index in [1.54, 1.807) is 6.92 Å². The van der Waals surface area contributed by atoms with Crippen LogP contribution in [-0.4, -0.2) is 39.8 Å². The van der Waals surface area contributed by atoms with E-state index in [0.29, 0.717) is 23.8 Å². The second kappa shape index (κ2) is 7.22. The number of urea groups is 1. The summed E-state index contributed by atoms with van der Waals surface area (Å²) in [4.78, 5) is 23.3. The van der Waals surface area contributed by atoms with Crippen molar-refractivity contribution in [3.63, 3.8) is 0 Å². The Bertz CT molecular complexity index is 477. The molecule has 0 spiro atoms. The molecule has 0 bridgehead atoms. The minimum absolute atomic E-state index is 0.228. The number of amides is 3. The van der Waals surface area contributed by atoms with E-state index in [4.69, 9.17) is 14.2 Å². The summed E-state index contributed by atoms with van der Waals surface area (Å²) >= 11 is 0. The summed E-state index contributed by atoms with van der Waals surface area (Å²) in [5, 5.41) is 4.66. The van der Waals surface area contributed by atoms with E-state index < -0.39 is 11.9 Å². The van der Waals surface area contributed by atoms with Crippen molar-refractivity contribution in [1.29, 1.82) is 0 Å². The van der Waals surface area contributed by atoms with E-state index in [-0.39, 0.29) is 5.56 Å². The topological polar surface area (TPSA) is 85.9 Å². The van der Waals surface area contributed by atoms with Gasteiger partial charge < -0.3 is 19.5 Å². The van der Waals surface area contributed by atoms with Crippen LogP contribution in [0.25, 0.3) is 0 Å². The number of carbonyl (C=O) groups is 2. The Morgan fingerprint density at radius 2 is 1.60 bits per heavy atom. The van der Waals surface area contributed by atoms with Gasteiger partial charge in [-0.1, -0.05) is 0 Å². The molecular formula is C13H18N2O5. The summed E-state index contributed by atoms with van der Waals surface area (Å²) in [5.74, 6) is 0.501. The molecular weight excluding hydrogens is 264 g/mol. The molecule has 20 heavy (non-hydrogen) atoms. The number of hydrogen-bond acceptors (Lipinski definition) is 5. The van der Waals surface area contributed by atoms with Gasteiger partial charge in [0, 0.05) is 12.1 Å². The van der Waals surface area contributed by atoms with E-state index in [1.807, 2.05) is 0 Å². The molecule has 7 nitrogen and oxygen atoms in total. The van der Waals surface area contributed by atoms with Gasteiger partial charge in [0.25, 0.3) is 5.91 Å². The van der Waals surface area contributed by atoms with Crippen molar-refractivity contribution in [2.75, 3.05) is 27.9 Å². The second-order valence-corrected chi connectivity index (χ2v) is 3.73. The Kier molecular flexibility index (Phi) is 5.64. The lowest BCUT2D eigenvalue weighted by Gasteiger charge is -2.13. The van der Waals surface area contributed by atoms with Gasteiger partial charge in [0.1, 0.15) is 0 Å². The number of imide groups is 1. The molecule has 1 aromatic rings. The molecule has 0 aromatic heterocycles. The fourth-order valence-corrected chi connectivity index (χ4v) is 1.59. The second-order valence-electron chi connectivity index (χ2n) is 3.73. The highest BCUT2D eigenvalue weighted by Crippen LogP contribution is 2.38. The van der Waals surface area contributed by atoms with Crippen LogP contribution < -0.4 is 24.8 Å². The van der Waals surface area contributed by atoms with Crippen LogP contribution in [0, 0.1) is 0 Å². The van der Waals surface area contributed by atoms with E-state index in [0.717, 1.165) is 0 Å². The van der Waals surface area contributed by atoms with Crippen LogP contribution in [0.15, 0.2) is 12.1 Å². The van der Waals surface area contributed by atoms with Crippen LogP contribution in [-0.2, 0) is 0 Å². The van der Waals surface area contributed by atoms with Gasteiger partial charge in [-0.25, -0.2) is 4.79 Å². The first-order valence-electron chi connectivity index (χ1n) is 5.96. The Balaban J connectivity index is 3.06. The molecule has 0 fully saturated rings. The molecule has 3 amide bonds. The lowest BCUT2D eigenvalue weighted by molar-refractivity contribution is 0.0963. The predicted octanol–water partition coefficient (Wildman–Crippen LogP) is 1.17. The van der Waals surface area contributed by atoms with Crippen molar-refractivity contribution in [1.82, 2.24) is 10.6 Å². The summed E-state index contributed by atoms with van der Waals surface area (Å²) in [7, 11) is 4.36.